The van der Waals surface area contributed by atoms with Crippen molar-refractivity contribution in [1.82, 2.24) is 5.32 Å². The van der Waals surface area contributed by atoms with Crippen molar-refractivity contribution in [3.05, 3.63) is 35.6 Å². The van der Waals surface area contributed by atoms with E-state index in [0.717, 1.165) is 18.5 Å². The summed E-state index contributed by atoms with van der Waals surface area (Å²) in [5, 5.41) is 3.28. The third kappa shape index (κ3) is 3.44. The Morgan fingerprint density at radius 1 is 1.50 bits per heavy atom. The van der Waals surface area contributed by atoms with Crippen LogP contribution < -0.4 is 11.1 Å². The van der Waals surface area contributed by atoms with Crippen molar-refractivity contribution in [3.63, 3.8) is 0 Å². The van der Waals surface area contributed by atoms with Gasteiger partial charge in [-0.1, -0.05) is 12.1 Å². The van der Waals surface area contributed by atoms with Crippen LogP contribution in [0.15, 0.2) is 24.3 Å². The van der Waals surface area contributed by atoms with Gasteiger partial charge in [-0.2, -0.15) is 0 Å². The van der Waals surface area contributed by atoms with E-state index >= 15 is 0 Å². The lowest BCUT2D eigenvalue weighted by atomic mass is 10.1. The molecule has 0 spiro atoms. The smallest absolute Gasteiger partial charge is 0.123 e. The molecule has 0 saturated carbocycles. The quantitative estimate of drug-likeness (QED) is 0.705. The number of rotatable bonds is 5. The fourth-order valence-electron chi connectivity index (χ4n) is 1.31. The molecule has 78 valence electrons. The molecular weight excluding hydrogens is 179 g/mol. The average Bonchev–Trinajstić information content (AvgIpc) is 2.18. The Hall–Kier alpha value is -0.930. The third-order valence-electron chi connectivity index (χ3n) is 2.18. The predicted octanol–water partition coefficient (Wildman–Crippen LogP) is 1.83. The fraction of sp³-hybridized carbons (Fsp3) is 0.455. The molecule has 0 amide bonds. The van der Waals surface area contributed by atoms with E-state index in [1.165, 1.54) is 6.07 Å². The molecule has 0 unspecified atom stereocenters. The summed E-state index contributed by atoms with van der Waals surface area (Å²) in [6.07, 6.45) is 0.944. The second-order valence-electron chi connectivity index (χ2n) is 3.37. The standard InChI is InChI=1S/C11H17FN2/c1-9(14-7-3-6-13)10-4-2-5-11(12)8-10/h2,4-5,8-9,14H,3,6-7,13H2,1H3/t9-/m0/s1. The minimum atomic E-state index is -0.185. The molecule has 0 fully saturated rings. The highest BCUT2D eigenvalue weighted by Gasteiger charge is 2.04. The first-order valence-corrected chi connectivity index (χ1v) is 4.93. The topological polar surface area (TPSA) is 38.0 Å². The molecule has 0 aromatic heterocycles. The molecule has 0 aliphatic heterocycles. The van der Waals surface area contributed by atoms with Gasteiger partial charge in [-0.15, -0.1) is 0 Å². The van der Waals surface area contributed by atoms with E-state index in [4.69, 9.17) is 5.73 Å². The molecule has 0 radical (unpaired) electrons. The molecule has 0 heterocycles. The summed E-state index contributed by atoms with van der Waals surface area (Å²) in [6, 6.07) is 6.84. The Bertz CT molecular complexity index is 276. The number of hydrogen-bond donors (Lipinski definition) is 2. The van der Waals surface area contributed by atoms with Crippen LogP contribution in [-0.2, 0) is 0 Å². The highest BCUT2D eigenvalue weighted by molar-refractivity contribution is 5.19. The van der Waals surface area contributed by atoms with Gasteiger partial charge in [-0.3, -0.25) is 0 Å². The maximum Gasteiger partial charge on any atom is 0.123 e. The second-order valence-corrected chi connectivity index (χ2v) is 3.37. The fourth-order valence-corrected chi connectivity index (χ4v) is 1.31. The van der Waals surface area contributed by atoms with Crippen molar-refractivity contribution in [2.24, 2.45) is 5.73 Å². The largest absolute Gasteiger partial charge is 0.330 e. The van der Waals surface area contributed by atoms with Crippen LogP contribution in [0.3, 0.4) is 0 Å². The first-order valence-electron chi connectivity index (χ1n) is 4.93. The molecule has 2 nitrogen and oxygen atoms in total. The zero-order valence-corrected chi connectivity index (χ0v) is 8.46. The number of nitrogens with two attached hydrogens (primary N) is 1. The number of hydrogen-bond acceptors (Lipinski definition) is 2. The molecule has 3 heteroatoms. The van der Waals surface area contributed by atoms with Crippen LogP contribution in [0.5, 0.6) is 0 Å². The van der Waals surface area contributed by atoms with Gasteiger partial charge in [0, 0.05) is 6.04 Å². The first-order chi connectivity index (χ1) is 6.74. The van der Waals surface area contributed by atoms with Gasteiger partial charge in [-0.25, -0.2) is 4.39 Å². The molecular formula is C11H17FN2. The van der Waals surface area contributed by atoms with Crippen molar-refractivity contribution in [1.29, 1.82) is 0 Å². The highest BCUT2D eigenvalue weighted by atomic mass is 19.1. The molecule has 0 aliphatic rings. The van der Waals surface area contributed by atoms with E-state index in [-0.39, 0.29) is 11.9 Å². The van der Waals surface area contributed by atoms with Crippen LogP contribution in [0.1, 0.15) is 24.9 Å². The molecule has 0 saturated heterocycles. The summed E-state index contributed by atoms with van der Waals surface area (Å²) < 4.78 is 12.9. The third-order valence-corrected chi connectivity index (χ3v) is 2.18. The average molecular weight is 196 g/mol. The van der Waals surface area contributed by atoms with E-state index in [0.29, 0.717) is 6.54 Å². The van der Waals surface area contributed by atoms with E-state index in [1.54, 1.807) is 12.1 Å². The number of benzene rings is 1. The summed E-state index contributed by atoms with van der Waals surface area (Å²) in [4.78, 5) is 0. The van der Waals surface area contributed by atoms with Crippen LogP contribution in [0.25, 0.3) is 0 Å². The monoisotopic (exact) mass is 196 g/mol. The zero-order chi connectivity index (χ0) is 10.4. The maximum absolute atomic E-state index is 12.9. The van der Waals surface area contributed by atoms with Crippen molar-refractivity contribution in [3.8, 4) is 0 Å². The van der Waals surface area contributed by atoms with Crippen LogP contribution in [-0.4, -0.2) is 13.1 Å². The van der Waals surface area contributed by atoms with Gasteiger partial charge in [0.2, 0.25) is 0 Å². The van der Waals surface area contributed by atoms with Crippen molar-refractivity contribution in [2.45, 2.75) is 19.4 Å². The Balaban J connectivity index is 2.47. The molecule has 14 heavy (non-hydrogen) atoms. The van der Waals surface area contributed by atoms with Gasteiger partial charge in [0.15, 0.2) is 0 Å². The van der Waals surface area contributed by atoms with E-state index < -0.39 is 0 Å². The lowest BCUT2D eigenvalue weighted by molar-refractivity contribution is 0.555. The highest BCUT2D eigenvalue weighted by Crippen LogP contribution is 2.12. The van der Waals surface area contributed by atoms with Crippen molar-refractivity contribution in [2.75, 3.05) is 13.1 Å². The molecule has 1 atom stereocenters. The maximum atomic E-state index is 12.9. The lowest BCUT2D eigenvalue weighted by Gasteiger charge is -2.13. The Labute approximate surface area is 84.3 Å². The Morgan fingerprint density at radius 2 is 2.29 bits per heavy atom. The summed E-state index contributed by atoms with van der Waals surface area (Å²) in [5.41, 5.74) is 6.35. The normalized spacial score (nSPS) is 12.8. The van der Waals surface area contributed by atoms with Crippen LogP contribution in [0.2, 0.25) is 0 Å². The summed E-state index contributed by atoms with van der Waals surface area (Å²) >= 11 is 0. The van der Waals surface area contributed by atoms with E-state index in [1.807, 2.05) is 13.0 Å². The summed E-state index contributed by atoms with van der Waals surface area (Å²) in [6.45, 7) is 3.57. The minimum absolute atomic E-state index is 0.178. The van der Waals surface area contributed by atoms with Gasteiger partial charge >= 0.3 is 0 Å². The van der Waals surface area contributed by atoms with Gasteiger partial charge < -0.3 is 11.1 Å². The Kier molecular flexibility index (Phi) is 4.56. The predicted molar refractivity (Wildman–Crippen MR) is 56.5 cm³/mol. The summed E-state index contributed by atoms with van der Waals surface area (Å²) in [5.74, 6) is -0.185. The molecule has 0 bridgehead atoms. The van der Waals surface area contributed by atoms with E-state index in [9.17, 15) is 4.39 Å². The first kappa shape index (κ1) is 11.1. The van der Waals surface area contributed by atoms with Gasteiger partial charge in [0.1, 0.15) is 5.82 Å². The molecule has 1 aromatic rings. The van der Waals surface area contributed by atoms with E-state index in [2.05, 4.69) is 5.32 Å². The zero-order valence-electron chi connectivity index (χ0n) is 8.46. The van der Waals surface area contributed by atoms with Gasteiger partial charge in [-0.05, 0) is 44.1 Å². The van der Waals surface area contributed by atoms with Crippen molar-refractivity contribution >= 4 is 0 Å². The Morgan fingerprint density at radius 3 is 2.93 bits per heavy atom. The van der Waals surface area contributed by atoms with Crippen LogP contribution in [0.4, 0.5) is 4.39 Å². The second kappa shape index (κ2) is 5.73. The van der Waals surface area contributed by atoms with Gasteiger partial charge in [0.25, 0.3) is 0 Å². The van der Waals surface area contributed by atoms with Gasteiger partial charge in [0.05, 0.1) is 0 Å². The molecule has 1 rings (SSSR count). The molecule has 3 N–H and O–H groups in total. The summed E-state index contributed by atoms with van der Waals surface area (Å²) in [7, 11) is 0. The SMILES string of the molecule is C[C@H](NCCCN)c1cccc(F)c1. The number of halogens is 1. The minimum Gasteiger partial charge on any atom is -0.330 e. The number of nitrogens with one attached hydrogen (secondary N) is 1. The van der Waals surface area contributed by atoms with Crippen molar-refractivity contribution < 1.29 is 4.39 Å². The molecule has 1 aromatic carbocycles. The lowest BCUT2D eigenvalue weighted by Crippen LogP contribution is -2.21. The molecule has 0 aliphatic carbocycles. The van der Waals surface area contributed by atoms with Crippen LogP contribution >= 0.6 is 0 Å². The van der Waals surface area contributed by atoms with Crippen LogP contribution in [0, 0.1) is 5.82 Å².